The maximum atomic E-state index is 10.8. The van der Waals surface area contributed by atoms with E-state index in [9.17, 15) is 4.79 Å². The van der Waals surface area contributed by atoms with Crippen LogP contribution in [-0.4, -0.2) is 31.6 Å². The summed E-state index contributed by atoms with van der Waals surface area (Å²) in [5, 5.41) is 18.2. The molecule has 1 aromatic heterocycles. The lowest BCUT2D eigenvalue weighted by Gasteiger charge is -2.36. The average Bonchev–Trinajstić information content (AvgIpc) is 2.87. The summed E-state index contributed by atoms with van der Waals surface area (Å²) in [5.74, 6) is 1.47. The summed E-state index contributed by atoms with van der Waals surface area (Å²) in [6.45, 7) is 6.64. The molecule has 0 amide bonds. The number of nitrogens with zero attached hydrogens (tertiary/aromatic N) is 3. The van der Waals surface area contributed by atoms with Crippen LogP contribution in [0.25, 0.3) is 0 Å². The highest BCUT2D eigenvalue weighted by Crippen LogP contribution is 2.40. The average molecular weight is 311 g/mol. The molecule has 1 aromatic rings. The van der Waals surface area contributed by atoms with E-state index in [0.29, 0.717) is 17.9 Å². The minimum atomic E-state index is -0.809. The normalized spacial score (nSPS) is 22.7. The molecule has 0 aromatic carbocycles. The van der Waals surface area contributed by atoms with Crippen molar-refractivity contribution in [2.75, 3.05) is 5.75 Å². The van der Waals surface area contributed by atoms with E-state index in [1.54, 1.807) is 0 Å². The summed E-state index contributed by atoms with van der Waals surface area (Å²) in [7, 11) is 0. The van der Waals surface area contributed by atoms with E-state index in [1.165, 1.54) is 31.0 Å². The SMILES string of the molecule is CCc1nnc(SCC(=O)O)n1C1CCCCC1C(C)C. The van der Waals surface area contributed by atoms with Crippen molar-refractivity contribution >= 4 is 17.7 Å². The number of aliphatic carboxylic acids is 1. The van der Waals surface area contributed by atoms with E-state index < -0.39 is 5.97 Å². The van der Waals surface area contributed by atoms with Gasteiger partial charge in [-0.05, 0) is 24.7 Å². The molecule has 0 radical (unpaired) electrons. The van der Waals surface area contributed by atoms with Crippen LogP contribution in [0.1, 0.15) is 58.3 Å². The van der Waals surface area contributed by atoms with Crippen molar-refractivity contribution in [3.8, 4) is 0 Å². The highest BCUT2D eigenvalue weighted by Gasteiger charge is 2.32. The lowest BCUT2D eigenvalue weighted by molar-refractivity contribution is -0.133. The number of carboxylic acids is 1. The molecule has 2 rings (SSSR count). The fourth-order valence-corrected chi connectivity index (χ4v) is 4.08. The topological polar surface area (TPSA) is 68.0 Å². The zero-order valence-corrected chi connectivity index (χ0v) is 13.9. The van der Waals surface area contributed by atoms with Crippen LogP contribution >= 0.6 is 11.8 Å². The lowest BCUT2D eigenvalue weighted by atomic mass is 9.77. The van der Waals surface area contributed by atoms with E-state index in [1.807, 2.05) is 0 Å². The number of rotatable bonds is 6. The van der Waals surface area contributed by atoms with E-state index in [-0.39, 0.29) is 5.75 Å². The molecule has 1 aliphatic rings. The second-order valence-electron chi connectivity index (χ2n) is 6.06. The van der Waals surface area contributed by atoms with Crippen LogP contribution in [0.15, 0.2) is 5.16 Å². The van der Waals surface area contributed by atoms with Gasteiger partial charge in [-0.25, -0.2) is 0 Å². The molecule has 1 saturated carbocycles. The molecule has 0 spiro atoms. The van der Waals surface area contributed by atoms with E-state index in [2.05, 4.69) is 35.5 Å². The predicted octanol–water partition coefficient (Wildman–Crippen LogP) is 3.40. The van der Waals surface area contributed by atoms with Gasteiger partial charge in [0.05, 0.1) is 5.75 Å². The second-order valence-corrected chi connectivity index (χ2v) is 7.01. The summed E-state index contributed by atoms with van der Waals surface area (Å²) in [6, 6.07) is 0.417. The number of aryl methyl sites for hydroxylation is 1. The fraction of sp³-hybridized carbons (Fsp3) is 0.800. The van der Waals surface area contributed by atoms with E-state index in [4.69, 9.17) is 5.11 Å². The third-order valence-corrected chi connectivity index (χ3v) is 5.27. The van der Waals surface area contributed by atoms with Gasteiger partial charge in [0.15, 0.2) is 5.16 Å². The number of aromatic nitrogens is 3. The molecule has 1 N–H and O–H groups in total. The minimum Gasteiger partial charge on any atom is -0.481 e. The van der Waals surface area contributed by atoms with Crippen molar-refractivity contribution in [1.82, 2.24) is 14.8 Å². The summed E-state index contributed by atoms with van der Waals surface area (Å²) >= 11 is 1.29. The number of hydrogen-bond acceptors (Lipinski definition) is 4. The molecule has 0 bridgehead atoms. The first kappa shape index (κ1) is 16.3. The molecule has 1 aliphatic carbocycles. The van der Waals surface area contributed by atoms with Gasteiger partial charge >= 0.3 is 5.97 Å². The maximum absolute atomic E-state index is 10.8. The molecule has 21 heavy (non-hydrogen) atoms. The van der Waals surface area contributed by atoms with Crippen LogP contribution in [0.4, 0.5) is 0 Å². The van der Waals surface area contributed by atoms with Gasteiger partial charge in [-0.2, -0.15) is 0 Å². The zero-order valence-electron chi connectivity index (χ0n) is 13.1. The van der Waals surface area contributed by atoms with Crippen LogP contribution < -0.4 is 0 Å². The summed E-state index contributed by atoms with van der Waals surface area (Å²) in [4.78, 5) is 10.8. The Labute approximate surface area is 130 Å². The highest BCUT2D eigenvalue weighted by molar-refractivity contribution is 7.99. The number of carbonyl (C=O) groups is 1. The van der Waals surface area contributed by atoms with Crippen LogP contribution in [0, 0.1) is 11.8 Å². The Kier molecular flexibility index (Phi) is 5.67. The highest BCUT2D eigenvalue weighted by atomic mass is 32.2. The van der Waals surface area contributed by atoms with Gasteiger partial charge in [0, 0.05) is 12.5 Å². The zero-order chi connectivity index (χ0) is 15.4. The number of thioether (sulfide) groups is 1. The molecule has 2 atom stereocenters. The second kappa shape index (κ2) is 7.29. The first-order valence-corrected chi connectivity index (χ1v) is 8.81. The Morgan fingerprint density at radius 2 is 2.10 bits per heavy atom. The molecule has 1 fully saturated rings. The standard InChI is InChI=1S/C15H25N3O2S/c1-4-13-16-17-15(21-9-14(19)20)18(13)12-8-6-5-7-11(12)10(2)3/h10-12H,4-9H2,1-3H3,(H,19,20). The Bertz CT molecular complexity index is 487. The molecule has 1 heterocycles. The van der Waals surface area contributed by atoms with Crippen LogP contribution in [0.3, 0.4) is 0 Å². The molecule has 6 heteroatoms. The molecule has 118 valence electrons. The molecule has 0 aliphatic heterocycles. The fourth-order valence-electron chi connectivity index (χ4n) is 3.34. The Morgan fingerprint density at radius 1 is 1.38 bits per heavy atom. The lowest BCUT2D eigenvalue weighted by Crippen LogP contribution is -2.28. The summed E-state index contributed by atoms with van der Waals surface area (Å²) in [5.41, 5.74) is 0. The molecule has 2 unspecified atom stereocenters. The Hall–Kier alpha value is -1.04. The van der Waals surface area contributed by atoms with Gasteiger partial charge in [0.2, 0.25) is 0 Å². The third kappa shape index (κ3) is 3.78. The van der Waals surface area contributed by atoms with Gasteiger partial charge < -0.3 is 9.67 Å². The van der Waals surface area contributed by atoms with Gasteiger partial charge in [0.1, 0.15) is 5.82 Å². The van der Waals surface area contributed by atoms with Crippen molar-refractivity contribution in [3.05, 3.63) is 5.82 Å². The Balaban J connectivity index is 2.30. The van der Waals surface area contributed by atoms with E-state index >= 15 is 0 Å². The monoisotopic (exact) mass is 311 g/mol. The van der Waals surface area contributed by atoms with Crippen LogP contribution in [0.2, 0.25) is 0 Å². The molecule has 5 nitrogen and oxygen atoms in total. The number of hydrogen-bond donors (Lipinski definition) is 1. The first-order valence-electron chi connectivity index (χ1n) is 7.83. The number of carboxylic acid groups (broad SMARTS) is 1. The van der Waals surface area contributed by atoms with Crippen molar-refractivity contribution in [1.29, 1.82) is 0 Å². The van der Waals surface area contributed by atoms with Crippen LogP contribution in [0.5, 0.6) is 0 Å². The van der Waals surface area contributed by atoms with Gasteiger partial charge in [-0.3, -0.25) is 4.79 Å². The first-order chi connectivity index (χ1) is 10.0. The predicted molar refractivity (Wildman–Crippen MR) is 83.6 cm³/mol. The molecular formula is C15H25N3O2S. The maximum Gasteiger partial charge on any atom is 0.313 e. The van der Waals surface area contributed by atoms with Gasteiger partial charge in [-0.15, -0.1) is 10.2 Å². The largest absolute Gasteiger partial charge is 0.481 e. The molecular weight excluding hydrogens is 286 g/mol. The van der Waals surface area contributed by atoms with E-state index in [0.717, 1.165) is 23.8 Å². The summed E-state index contributed by atoms with van der Waals surface area (Å²) < 4.78 is 2.23. The quantitative estimate of drug-likeness (QED) is 0.815. The van der Waals surface area contributed by atoms with Crippen molar-refractivity contribution < 1.29 is 9.90 Å². The Morgan fingerprint density at radius 3 is 2.71 bits per heavy atom. The van der Waals surface area contributed by atoms with Crippen molar-refractivity contribution in [2.24, 2.45) is 11.8 Å². The third-order valence-electron chi connectivity index (χ3n) is 4.35. The minimum absolute atomic E-state index is 0.0426. The molecule has 0 saturated heterocycles. The smallest absolute Gasteiger partial charge is 0.313 e. The van der Waals surface area contributed by atoms with Gasteiger partial charge in [-0.1, -0.05) is 45.4 Å². The van der Waals surface area contributed by atoms with Crippen molar-refractivity contribution in [2.45, 2.75) is 64.1 Å². The van der Waals surface area contributed by atoms with Gasteiger partial charge in [0.25, 0.3) is 0 Å². The van der Waals surface area contributed by atoms with Crippen molar-refractivity contribution in [3.63, 3.8) is 0 Å². The summed E-state index contributed by atoms with van der Waals surface area (Å²) in [6.07, 6.45) is 5.75. The van der Waals surface area contributed by atoms with Crippen LogP contribution in [-0.2, 0) is 11.2 Å².